The first-order valence-electron chi connectivity index (χ1n) is 6.19. The molecule has 0 aliphatic carbocycles. The number of aromatic carboxylic acids is 2. The summed E-state index contributed by atoms with van der Waals surface area (Å²) in [5.74, 6) is -2.23. The number of nitrogens with zero attached hydrogens (tertiary/aromatic N) is 2. The van der Waals surface area contributed by atoms with Gasteiger partial charge in [0.2, 0.25) is 0 Å². The number of carbonyl (C=O) groups is 2. The summed E-state index contributed by atoms with van der Waals surface area (Å²) in [5.41, 5.74) is 0.730. The molecule has 1 aromatic carbocycles. The van der Waals surface area contributed by atoms with Gasteiger partial charge < -0.3 is 20.0 Å². The predicted molar refractivity (Wildman–Crippen MR) is 72.5 cm³/mol. The average molecular weight is 276 g/mol. The minimum atomic E-state index is -1.12. The normalized spacial score (nSPS) is 13.8. The lowest BCUT2D eigenvalue weighted by atomic mass is 10.0. The van der Waals surface area contributed by atoms with Crippen molar-refractivity contribution in [2.24, 2.45) is 0 Å². The van der Waals surface area contributed by atoms with Crippen LogP contribution in [-0.2, 0) is 6.42 Å². The number of carboxylic acids is 2. The Labute approximate surface area is 116 Å². The van der Waals surface area contributed by atoms with Crippen molar-refractivity contribution in [1.82, 2.24) is 9.80 Å². The lowest BCUT2D eigenvalue weighted by Gasteiger charge is -2.18. The van der Waals surface area contributed by atoms with Gasteiger partial charge in [-0.25, -0.2) is 9.59 Å². The van der Waals surface area contributed by atoms with E-state index in [2.05, 4.69) is 4.90 Å². The Bertz CT molecular complexity index is 536. The predicted octanol–water partition coefficient (Wildman–Crippen LogP) is 1.30. The number of benzene rings is 1. The van der Waals surface area contributed by atoms with E-state index in [0.29, 0.717) is 18.5 Å². The van der Waals surface area contributed by atoms with Crippen LogP contribution in [0.15, 0.2) is 30.6 Å². The van der Waals surface area contributed by atoms with Crippen molar-refractivity contribution in [2.75, 3.05) is 20.3 Å². The molecule has 1 heterocycles. The highest BCUT2D eigenvalue weighted by Gasteiger charge is 2.13. The fraction of sp³-hybridized carbons (Fsp3) is 0.286. The van der Waals surface area contributed by atoms with Crippen LogP contribution in [0, 0.1) is 0 Å². The van der Waals surface area contributed by atoms with E-state index in [1.807, 2.05) is 24.3 Å². The molecular formula is C14H16N2O4. The fourth-order valence-electron chi connectivity index (χ4n) is 2.09. The minimum Gasteiger partial charge on any atom is -0.478 e. The number of carboxylic acid groups (broad SMARTS) is 2. The maximum atomic E-state index is 11.0. The van der Waals surface area contributed by atoms with Gasteiger partial charge in [0.05, 0.1) is 17.8 Å². The van der Waals surface area contributed by atoms with E-state index in [9.17, 15) is 9.59 Å². The van der Waals surface area contributed by atoms with Crippen molar-refractivity contribution in [2.45, 2.75) is 6.42 Å². The Morgan fingerprint density at radius 2 is 1.70 bits per heavy atom. The molecule has 1 aliphatic heterocycles. The molecule has 2 N–H and O–H groups in total. The second kappa shape index (κ2) is 5.64. The molecule has 2 rings (SSSR count). The van der Waals surface area contributed by atoms with Gasteiger partial charge in [-0.2, -0.15) is 0 Å². The maximum Gasteiger partial charge on any atom is 0.335 e. The van der Waals surface area contributed by atoms with Crippen molar-refractivity contribution in [3.8, 4) is 0 Å². The third-order valence-corrected chi connectivity index (χ3v) is 3.11. The molecule has 1 aromatic rings. The molecule has 0 spiro atoms. The molecule has 0 radical (unpaired) electrons. The molecule has 0 unspecified atom stereocenters. The van der Waals surface area contributed by atoms with Crippen LogP contribution in [0.3, 0.4) is 0 Å². The Hall–Kier alpha value is -2.50. The summed E-state index contributed by atoms with van der Waals surface area (Å²) in [5, 5.41) is 18.0. The molecule has 6 nitrogen and oxygen atoms in total. The van der Waals surface area contributed by atoms with Crippen LogP contribution in [0.5, 0.6) is 0 Å². The quantitative estimate of drug-likeness (QED) is 0.843. The summed E-state index contributed by atoms with van der Waals surface area (Å²) < 4.78 is 0. The summed E-state index contributed by atoms with van der Waals surface area (Å²) in [6.45, 7) is 1.49. The molecule has 1 aliphatic rings. The molecule has 106 valence electrons. The van der Waals surface area contributed by atoms with E-state index >= 15 is 0 Å². The van der Waals surface area contributed by atoms with Crippen LogP contribution in [0.25, 0.3) is 0 Å². The van der Waals surface area contributed by atoms with Gasteiger partial charge in [0.1, 0.15) is 0 Å². The summed E-state index contributed by atoms with van der Waals surface area (Å²) in [7, 11) is 1.96. The summed E-state index contributed by atoms with van der Waals surface area (Å²) in [4.78, 5) is 26.1. The third kappa shape index (κ3) is 3.28. The lowest BCUT2D eigenvalue weighted by Crippen LogP contribution is -2.24. The van der Waals surface area contributed by atoms with Gasteiger partial charge in [-0.05, 0) is 30.2 Å². The molecule has 0 amide bonds. The smallest absolute Gasteiger partial charge is 0.335 e. The van der Waals surface area contributed by atoms with Crippen LogP contribution >= 0.6 is 0 Å². The van der Waals surface area contributed by atoms with Gasteiger partial charge >= 0.3 is 11.9 Å². The van der Waals surface area contributed by atoms with E-state index in [0.717, 1.165) is 6.67 Å². The Morgan fingerprint density at radius 3 is 2.15 bits per heavy atom. The van der Waals surface area contributed by atoms with Crippen molar-refractivity contribution in [1.29, 1.82) is 0 Å². The third-order valence-electron chi connectivity index (χ3n) is 3.11. The zero-order chi connectivity index (χ0) is 14.7. The van der Waals surface area contributed by atoms with E-state index in [4.69, 9.17) is 10.2 Å². The van der Waals surface area contributed by atoms with Crippen molar-refractivity contribution < 1.29 is 19.8 Å². The SMILES string of the molecule is CN1C=CN(CCc2cc(C(=O)O)cc(C(=O)O)c2)C1. The van der Waals surface area contributed by atoms with Crippen LogP contribution in [0.1, 0.15) is 26.3 Å². The first-order valence-corrected chi connectivity index (χ1v) is 6.19. The van der Waals surface area contributed by atoms with Crippen molar-refractivity contribution >= 4 is 11.9 Å². The second-order valence-electron chi connectivity index (χ2n) is 4.79. The standard InChI is InChI=1S/C14H16N2O4/c1-15-4-5-16(9-15)3-2-10-6-11(13(17)18)8-12(7-10)14(19)20/h4-8H,2-3,9H2,1H3,(H,17,18)(H,19,20). The number of rotatable bonds is 5. The van der Waals surface area contributed by atoms with Gasteiger partial charge in [-0.3, -0.25) is 0 Å². The lowest BCUT2D eigenvalue weighted by molar-refractivity contribution is 0.0696. The maximum absolute atomic E-state index is 11.0. The van der Waals surface area contributed by atoms with Gasteiger partial charge in [-0.15, -0.1) is 0 Å². The molecule has 0 fully saturated rings. The molecule has 0 aromatic heterocycles. The van der Waals surface area contributed by atoms with Crippen LogP contribution in [0.2, 0.25) is 0 Å². The number of hydrogen-bond donors (Lipinski definition) is 2. The fourth-order valence-corrected chi connectivity index (χ4v) is 2.09. The Kier molecular flexibility index (Phi) is 3.93. The molecule has 0 saturated carbocycles. The monoisotopic (exact) mass is 276 g/mol. The molecule has 0 saturated heterocycles. The molecule has 0 bridgehead atoms. The van der Waals surface area contributed by atoms with Gasteiger partial charge in [0, 0.05) is 26.0 Å². The minimum absolute atomic E-state index is 0.00832. The molecule has 20 heavy (non-hydrogen) atoms. The van der Waals surface area contributed by atoms with E-state index in [1.165, 1.54) is 18.2 Å². The number of hydrogen-bond acceptors (Lipinski definition) is 4. The first kappa shape index (κ1) is 13.9. The van der Waals surface area contributed by atoms with Gasteiger partial charge in [0.15, 0.2) is 0 Å². The van der Waals surface area contributed by atoms with Crippen LogP contribution in [0.4, 0.5) is 0 Å². The Balaban J connectivity index is 2.12. The molecule has 6 heteroatoms. The van der Waals surface area contributed by atoms with E-state index in [1.54, 1.807) is 0 Å². The molecule has 0 atom stereocenters. The van der Waals surface area contributed by atoms with Crippen LogP contribution < -0.4 is 0 Å². The summed E-state index contributed by atoms with van der Waals surface area (Å²) >= 11 is 0. The summed E-state index contributed by atoms with van der Waals surface area (Å²) in [6.07, 6.45) is 4.51. The van der Waals surface area contributed by atoms with E-state index < -0.39 is 11.9 Å². The van der Waals surface area contributed by atoms with Gasteiger partial charge in [0.25, 0.3) is 0 Å². The van der Waals surface area contributed by atoms with Gasteiger partial charge in [-0.1, -0.05) is 0 Å². The Morgan fingerprint density at radius 1 is 1.10 bits per heavy atom. The summed E-state index contributed by atoms with van der Waals surface area (Å²) in [6, 6.07) is 4.23. The zero-order valence-electron chi connectivity index (χ0n) is 11.1. The highest BCUT2D eigenvalue weighted by molar-refractivity contribution is 5.94. The van der Waals surface area contributed by atoms with Crippen molar-refractivity contribution in [3.05, 3.63) is 47.3 Å². The second-order valence-corrected chi connectivity index (χ2v) is 4.79. The van der Waals surface area contributed by atoms with E-state index in [-0.39, 0.29) is 11.1 Å². The largest absolute Gasteiger partial charge is 0.478 e. The topological polar surface area (TPSA) is 81.1 Å². The zero-order valence-corrected chi connectivity index (χ0v) is 11.1. The first-order chi connectivity index (χ1) is 9.45. The van der Waals surface area contributed by atoms with Crippen molar-refractivity contribution in [3.63, 3.8) is 0 Å². The molecular weight excluding hydrogens is 260 g/mol. The van der Waals surface area contributed by atoms with Crippen LogP contribution in [-0.4, -0.2) is 52.2 Å². The highest BCUT2D eigenvalue weighted by Crippen LogP contribution is 2.13. The highest BCUT2D eigenvalue weighted by atomic mass is 16.4. The average Bonchev–Trinajstić information content (AvgIpc) is 2.81.